The molecule has 0 bridgehead atoms. The highest BCUT2D eigenvalue weighted by Crippen LogP contribution is 2.03. The first-order chi connectivity index (χ1) is 6.74. The van der Waals surface area contributed by atoms with Crippen molar-refractivity contribution in [2.45, 2.75) is 13.8 Å². The summed E-state index contributed by atoms with van der Waals surface area (Å²) >= 11 is 0. The molecule has 4 nitrogen and oxygen atoms in total. The summed E-state index contributed by atoms with van der Waals surface area (Å²) in [5.74, 6) is 0.624. The number of aromatic nitrogens is 3. The molecule has 2 aromatic heterocycles. The van der Waals surface area contributed by atoms with Crippen molar-refractivity contribution in [3.05, 3.63) is 42.0 Å². The zero-order chi connectivity index (χ0) is 9.97. The van der Waals surface area contributed by atoms with E-state index >= 15 is 0 Å². The van der Waals surface area contributed by atoms with Gasteiger partial charge in [-0.05, 0) is 32.0 Å². The van der Waals surface area contributed by atoms with Crippen molar-refractivity contribution < 1.29 is 0 Å². The first-order valence-corrected chi connectivity index (χ1v) is 4.46. The molecular formula is C10H12N4. The third-order valence-electron chi connectivity index (χ3n) is 1.82. The summed E-state index contributed by atoms with van der Waals surface area (Å²) < 4.78 is 1.81. The SMILES string of the molecule is Cc1cc(C)nc(Nn2cccc2)n1. The second-order valence-corrected chi connectivity index (χ2v) is 3.18. The van der Waals surface area contributed by atoms with Gasteiger partial charge < -0.3 is 0 Å². The average molecular weight is 188 g/mol. The number of aryl methyl sites for hydroxylation is 2. The Bertz CT molecular complexity index is 399. The van der Waals surface area contributed by atoms with Gasteiger partial charge in [-0.1, -0.05) is 0 Å². The second kappa shape index (κ2) is 3.49. The molecule has 0 atom stereocenters. The summed E-state index contributed by atoms with van der Waals surface area (Å²) in [5, 5.41) is 0. The monoisotopic (exact) mass is 188 g/mol. The quantitative estimate of drug-likeness (QED) is 0.781. The number of anilines is 1. The second-order valence-electron chi connectivity index (χ2n) is 3.18. The maximum Gasteiger partial charge on any atom is 0.242 e. The summed E-state index contributed by atoms with van der Waals surface area (Å²) in [5.41, 5.74) is 4.99. The first-order valence-electron chi connectivity index (χ1n) is 4.46. The highest BCUT2D eigenvalue weighted by Gasteiger charge is 1.98. The largest absolute Gasteiger partial charge is 0.268 e. The Morgan fingerprint density at radius 1 is 1.07 bits per heavy atom. The molecule has 0 saturated carbocycles. The predicted octanol–water partition coefficient (Wildman–Crippen LogP) is 1.77. The zero-order valence-corrected chi connectivity index (χ0v) is 8.23. The molecule has 0 aromatic carbocycles. The van der Waals surface area contributed by atoms with Crippen LogP contribution in [0.15, 0.2) is 30.6 Å². The van der Waals surface area contributed by atoms with E-state index in [-0.39, 0.29) is 0 Å². The van der Waals surface area contributed by atoms with Gasteiger partial charge in [0.15, 0.2) is 0 Å². The number of rotatable bonds is 2. The molecule has 0 aliphatic carbocycles. The fourth-order valence-corrected chi connectivity index (χ4v) is 1.30. The van der Waals surface area contributed by atoms with Crippen LogP contribution in [0.25, 0.3) is 0 Å². The highest BCUT2D eigenvalue weighted by molar-refractivity contribution is 5.27. The van der Waals surface area contributed by atoms with Crippen LogP contribution >= 0.6 is 0 Å². The van der Waals surface area contributed by atoms with Crippen LogP contribution in [-0.4, -0.2) is 14.6 Å². The van der Waals surface area contributed by atoms with Crippen LogP contribution in [0.4, 0.5) is 5.95 Å². The fourth-order valence-electron chi connectivity index (χ4n) is 1.30. The lowest BCUT2D eigenvalue weighted by molar-refractivity contribution is 0.911. The van der Waals surface area contributed by atoms with Crippen LogP contribution in [0.2, 0.25) is 0 Å². The Morgan fingerprint density at radius 3 is 2.21 bits per heavy atom. The van der Waals surface area contributed by atoms with Gasteiger partial charge in [0, 0.05) is 23.8 Å². The van der Waals surface area contributed by atoms with E-state index in [1.54, 1.807) is 0 Å². The molecule has 0 saturated heterocycles. The van der Waals surface area contributed by atoms with Gasteiger partial charge in [-0.15, -0.1) is 0 Å². The van der Waals surface area contributed by atoms with Crippen LogP contribution in [-0.2, 0) is 0 Å². The standard InChI is InChI=1S/C10H12N4/c1-8-7-9(2)12-10(11-8)13-14-5-3-4-6-14/h3-7H,1-2H3,(H,11,12,13). The van der Waals surface area contributed by atoms with Crippen LogP contribution in [0.3, 0.4) is 0 Å². The third kappa shape index (κ3) is 1.90. The summed E-state index contributed by atoms with van der Waals surface area (Å²) in [7, 11) is 0. The molecule has 1 N–H and O–H groups in total. The van der Waals surface area contributed by atoms with Crippen molar-refractivity contribution in [2.75, 3.05) is 5.43 Å². The molecule has 14 heavy (non-hydrogen) atoms. The Labute approximate surface area is 82.6 Å². The van der Waals surface area contributed by atoms with Crippen LogP contribution in [0.5, 0.6) is 0 Å². The molecule has 72 valence electrons. The first kappa shape index (κ1) is 8.74. The van der Waals surface area contributed by atoms with E-state index in [1.165, 1.54) is 0 Å². The van der Waals surface area contributed by atoms with Crippen molar-refractivity contribution in [3.8, 4) is 0 Å². The van der Waals surface area contributed by atoms with E-state index in [1.807, 2.05) is 49.1 Å². The van der Waals surface area contributed by atoms with Gasteiger partial charge in [0.25, 0.3) is 0 Å². The van der Waals surface area contributed by atoms with Gasteiger partial charge in [0.2, 0.25) is 5.95 Å². The molecule has 0 aliphatic heterocycles. The Balaban J connectivity index is 2.25. The Morgan fingerprint density at radius 2 is 1.64 bits per heavy atom. The molecule has 0 radical (unpaired) electrons. The summed E-state index contributed by atoms with van der Waals surface area (Å²) in [4.78, 5) is 8.53. The van der Waals surface area contributed by atoms with Gasteiger partial charge in [-0.25, -0.2) is 9.97 Å². The van der Waals surface area contributed by atoms with Crippen LogP contribution in [0, 0.1) is 13.8 Å². The molecule has 0 amide bonds. The molecule has 0 unspecified atom stereocenters. The van der Waals surface area contributed by atoms with Crippen molar-refractivity contribution in [2.24, 2.45) is 0 Å². The van der Waals surface area contributed by atoms with E-state index in [0.717, 1.165) is 11.4 Å². The van der Waals surface area contributed by atoms with Crippen molar-refractivity contribution >= 4 is 5.95 Å². The zero-order valence-electron chi connectivity index (χ0n) is 8.23. The molecule has 2 heterocycles. The molecule has 0 spiro atoms. The summed E-state index contributed by atoms with van der Waals surface area (Å²) in [6.45, 7) is 3.91. The molecule has 0 fully saturated rings. The van der Waals surface area contributed by atoms with Gasteiger partial charge in [-0.2, -0.15) is 0 Å². The van der Waals surface area contributed by atoms with Crippen molar-refractivity contribution in [1.82, 2.24) is 14.6 Å². The fraction of sp³-hybridized carbons (Fsp3) is 0.200. The normalized spacial score (nSPS) is 10.1. The third-order valence-corrected chi connectivity index (χ3v) is 1.82. The van der Waals surface area contributed by atoms with Crippen LogP contribution in [0.1, 0.15) is 11.4 Å². The summed E-state index contributed by atoms with van der Waals surface area (Å²) in [6, 6.07) is 5.83. The maximum absolute atomic E-state index is 4.27. The maximum atomic E-state index is 4.27. The van der Waals surface area contributed by atoms with E-state index < -0.39 is 0 Å². The number of hydrogen-bond donors (Lipinski definition) is 1. The van der Waals surface area contributed by atoms with E-state index in [9.17, 15) is 0 Å². The number of nitrogens with one attached hydrogen (secondary N) is 1. The lowest BCUT2D eigenvalue weighted by Crippen LogP contribution is -2.10. The minimum Gasteiger partial charge on any atom is -0.268 e. The number of nitrogens with zero attached hydrogens (tertiary/aromatic N) is 3. The molecule has 4 heteroatoms. The molecule has 2 rings (SSSR count). The molecular weight excluding hydrogens is 176 g/mol. The molecule has 0 aliphatic rings. The van der Waals surface area contributed by atoms with Gasteiger partial charge in [0.05, 0.1) is 0 Å². The summed E-state index contributed by atoms with van der Waals surface area (Å²) in [6.07, 6.45) is 3.81. The van der Waals surface area contributed by atoms with E-state index in [2.05, 4.69) is 15.4 Å². The van der Waals surface area contributed by atoms with Crippen molar-refractivity contribution in [3.63, 3.8) is 0 Å². The minimum absolute atomic E-state index is 0.624. The lowest BCUT2D eigenvalue weighted by atomic mass is 10.4. The van der Waals surface area contributed by atoms with Crippen LogP contribution < -0.4 is 5.43 Å². The van der Waals surface area contributed by atoms with Gasteiger partial charge in [-0.3, -0.25) is 10.1 Å². The van der Waals surface area contributed by atoms with Crippen molar-refractivity contribution in [1.29, 1.82) is 0 Å². The topological polar surface area (TPSA) is 42.7 Å². The smallest absolute Gasteiger partial charge is 0.242 e. The highest BCUT2D eigenvalue weighted by atomic mass is 15.4. The Hall–Kier alpha value is -1.84. The Kier molecular flexibility index (Phi) is 2.18. The lowest BCUT2D eigenvalue weighted by Gasteiger charge is -2.06. The van der Waals surface area contributed by atoms with Gasteiger partial charge >= 0.3 is 0 Å². The number of hydrogen-bond acceptors (Lipinski definition) is 3. The van der Waals surface area contributed by atoms with E-state index in [0.29, 0.717) is 5.95 Å². The minimum atomic E-state index is 0.624. The van der Waals surface area contributed by atoms with E-state index in [4.69, 9.17) is 0 Å². The predicted molar refractivity (Wildman–Crippen MR) is 55.0 cm³/mol. The molecule has 2 aromatic rings. The van der Waals surface area contributed by atoms with Gasteiger partial charge in [0.1, 0.15) is 0 Å². The average Bonchev–Trinajstić information content (AvgIpc) is 2.54.